The second-order valence-electron chi connectivity index (χ2n) is 5.53. The van der Waals surface area contributed by atoms with E-state index in [9.17, 15) is 9.59 Å². The number of carbonyl (C=O) groups excluding carboxylic acids is 1. The molecule has 1 aliphatic heterocycles. The minimum Gasteiger partial charge on any atom is -0.496 e. The number of amides is 1. The average molecular weight is 322 g/mol. The Bertz CT molecular complexity index is 563. The predicted molar refractivity (Wildman–Crippen MR) is 83.8 cm³/mol. The minimum absolute atomic E-state index is 0.0552. The molecule has 1 unspecified atom stereocenters. The topological polar surface area (TPSA) is 79.3 Å². The molecule has 1 fully saturated rings. The van der Waals surface area contributed by atoms with Crippen LogP contribution in [0.2, 0.25) is 0 Å². The van der Waals surface area contributed by atoms with Crippen molar-refractivity contribution in [3.05, 3.63) is 29.8 Å². The van der Waals surface area contributed by atoms with Crippen molar-refractivity contribution in [3.63, 3.8) is 0 Å². The van der Waals surface area contributed by atoms with Crippen molar-refractivity contribution < 1.29 is 24.2 Å². The third kappa shape index (κ3) is 4.67. The van der Waals surface area contributed by atoms with Gasteiger partial charge in [0.1, 0.15) is 5.75 Å². The molecule has 1 amide bonds. The Kier molecular flexibility index (Phi) is 5.95. The van der Waals surface area contributed by atoms with E-state index in [1.54, 1.807) is 35.0 Å². The summed E-state index contributed by atoms with van der Waals surface area (Å²) in [5.41, 5.74) is 0.523. The fraction of sp³-hybridized carbons (Fsp3) is 0.500. The van der Waals surface area contributed by atoms with E-state index in [1.807, 2.05) is 6.07 Å². The van der Waals surface area contributed by atoms with Crippen LogP contribution in [-0.4, -0.2) is 79.8 Å². The molecule has 2 rings (SSSR count). The zero-order chi connectivity index (χ0) is 16.8. The number of nitrogens with zero attached hydrogens (tertiary/aromatic N) is 2. The Morgan fingerprint density at radius 3 is 2.87 bits per heavy atom. The van der Waals surface area contributed by atoms with Gasteiger partial charge in [-0.1, -0.05) is 12.1 Å². The second-order valence-corrected chi connectivity index (χ2v) is 5.53. The second kappa shape index (κ2) is 7.94. The number of ether oxygens (including phenoxy) is 2. The summed E-state index contributed by atoms with van der Waals surface area (Å²) in [5, 5.41) is 8.80. The van der Waals surface area contributed by atoms with Gasteiger partial charge in [0, 0.05) is 19.6 Å². The van der Waals surface area contributed by atoms with Crippen molar-refractivity contribution in [2.24, 2.45) is 0 Å². The lowest BCUT2D eigenvalue weighted by Gasteiger charge is -2.34. The summed E-state index contributed by atoms with van der Waals surface area (Å²) in [6, 6.07) is 7.11. The molecule has 1 aromatic carbocycles. The van der Waals surface area contributed by atoms with Crippen LogP contribution < -0.4 is 4.74 Å². The van der Waals surface area contributed by atoms with Crippen molar-refractivity contribution in [2.75, 3.05) is 46.9 Å². The van der Waals surface area contributed by atoms with Gasteiger partial charge >= 0.3 is 5.97 Å². The minimum atomic E-state index is -0.884. The number of carboxylic acid groups (broad SMARTS) is 1. The summed E-state index contributed by atoms with van der Waals surface area (Å²) in [7, 11) is 3.26. The molecule has 1 aliphatic rings. The van der Waals surface area contributed by atoms with Gasteiger partial charge in [0.2, 0.25) is 0 Å². The highest BCUT2D eigenvalue weighted by molar-refractivity contribution is 5.97. The molecule has 0 radical (unpaired) electrons. The number of carbonyl (C=O) groups is 2. The SMILES string of the molecule is COc1ccccc1C(=O)N1CCOC(CN(C)CC(=O)O)C1. The van der Waals surface area contributed by atoms with E-state index < -0.39 is 5.97 Å². The zero-order valence-electron chi connectivity index (χ0n) is 13.4. The van der Waals surface area contributed by atoms with Crippen LogP contribution in [0, 0.1) is 0 Å². The van der Waals surface area contributed by atoms with Crippen LogP contribution in [0.15, 0.2) is 24.3 Å². The number of para-hydroxylation sites is 1. The number of hydrogen-bond acceptors (Lipinski definition) is 5. The first kappa shape index (κ1) is 17.2. The maximum atomic E-state index is 12.7. The Balaban J connectivity index is 2.00. The summed E-state index contributed by atoms with van der Waals surface area (Å²) < 4.78 is 10.9. The monoisotopic (exact) mass is 322 g/mol. The van der Waals surface area contributed by atoms with Gasteiger partial charge < -0.3 is 19.5 Å². The van der Waals surface area contributed by atoms with Gasteiger partial charge in [0.15, 0.2) is 0 Å². The van der Waals surface area contributed by atoms with Gasteiger partial charge in [0.25, 0.3) is 5.91 Å². The molecule has 1 N–H and O–H groups in total. The Labute approximate surface area is 135 Å². The van der Waals surface area contributed by atoms with Gasteiger partial charge in [-0.15, -0.1) is 0 Å². The summed E-state index contributed by atoms with van der Waals surface area (Å²) in [6.07, 6.45) is -0.202. The molecular weight excluding hydrogens is 300 g/mol. The quantitative estimate of drug-likeness (QED) is 0.824. The van der Waals surface area contributed by atoms with E-state index in [-0.39, 0.29) is 18.6 Å². The number of rotatable bonds is 6. The molecule has 126 valence electrons. The van der Waals surface area contributed by atoms with Gasteiger partial charge in [-0.3, -0.25) is 14.5 Å². The lowest BCUT2D eigenvalue weighted by atomic mass is 10.1. The van der Waals surface area contributed by atoms with Crippen LogP contribution in [0.25, 0.3) is 0 Å². The third-order valence-corrected chi connectivity index (χ3v) is 3.68. The van der Waals surface area contributed by atoms with E-state index in [1.165, 1.54) is 7.11 Å². The van der Waals surface area contributed by atoms with Gasteiger partial charge in [-0.05, 0) is 19.2 Å². The maximum Gasteiger partial charge on any atom is 0.317 e. The van der Waals surface area contributed by atoms with Gasteiger partial charge in [-0.2, -0.15) is 0 Å². The molecule has 0 saturated carbocycles. The van der Waals surface area contributed by atoms with Crippen LogP contribution >= 0.6 is 0 Å². The number of aliphatic carboxylic acids is 1. The lowest BCUT2D eigenvalue weighted by molar-refractivity contribution is -0.138. The number of carboxylic acids is 1. The number of likely N-dealkylation sites (N-methyl/N-ethyl adjacent to an activating group) is 1. The standard InChI is InChI=1S/C16H22N2O5/c1-17(11-15(19)20)9-12-10-18(7-8-23-12)16(21)13-5-3-4-6-14(13)22-2/h3-6,12H,7-11H2,1-2H3,(H,19,20). The van der Waals surface area contributed by atoms with Crippen molar-refractivity contribution in [1.29, 1.82) is 0 Å². The highest BCUT2D eigenvalue weighted by Gasteiger charge is 2.27. The Hall–Kier alpha value is -2.12. The van der Waals surface area contributed by atoms with Gasteiger partial charge in [-0.25, -0.2) is 0 Å². The summed E-state index contributed by atoms with van der Waals surface area (Å²) in [4.78, 5) is 26.8. The number of morpholine rings is 1. The molecule has 7 nitrogen and oxygen atoms in total. The molecule has 1 heterocycles. The van der Waals surface area contributed by atoms with Crippen molar-refractivity contribution in [3.8, 4) is 5.75 Å². The molecule has 23 heavy (non-hydrogen) atoms. The van der Waals surface area contributed by atoms with Crippen LogP contribution in [-0.2, 0) is 9.53 Å². The highest BCUT2D eigenvalue weighted by atomic mass is 16.5. The van der Waals surface area contributed by atoms with Crippen LogP contribution in [0.4, 0.5) is 0 Å². The van der Waals surface area contributed by atoms with Crippen LogP contribution in [0.5, 0.6) is 5.75 Å². The average Bonchev–Trinajstić information content (AvgIpc) is 2.53. The molecule has 0 bridgehead atoms. The maximum absolute atomic E-state index is 12.7. The Morgan fingerprint density at radius 1 is 1.43 bits per heavy atom. The number of hydrogen-bond donors (Lipinski definition) is 1. The van der Waals surface area contributed by atoms with Crippen LogP contribution in [0.3, 0.4) is 0 Å². The molecule has 0 aliphatic carbocycles. The fourth-order valence-corrected chi connectivity index (χ4v) is 2.65. The fourth-order valence-electron chi connectivity index (χ4n) is 2.65. The predicted octanol–water partition coefficient (Wildman–Crippen LogP) is 0.553. The largest absolute Gasteiger partial charge is 0.496 e. The van der Waals surface area contributed by atoms with Crippen molar-refractivity contribution in [1.82, 2.24) is 9.80 Å². The Morgan fingerprint density at radius 2 is 2.17 bits per heavy atom. The van der Waals surface area contributed by atoms with E-state index in [2.05, 4.69) is 0 Å². The summed E-state index contributed by atoms with van der Waals surface area (Å²) in [5.74, 6) is -0.439. The molecule has 7 heteroatoms. The summed E-state index contributed by atoms with van der Waals surface area (Å²) >= 11 is 0. The molecule has 0 aromatic heterocycles. The number of methoxy groups -OCH3 is 1. The van der Waals surface area contributed by atoms with Crippen molar-refractivity contribution in [2.45, 2.75) is 6.10 Å². The summed E-state index contributed by atoms with van der Waals surface area (Å²) in [6.45, 7) is 1.78. The molecule has 1 saturated heterocycles. The highest BCUT2D eigenvalue weighted by Crippen LogP contribution is 2.20. The van der Waals surface area contributed by atoms with Gasteiger partial charge in [0.05, 0.1) is 31.9 Å². The van der Waals surface area contributed by atoms with Crippen molar-refractivity contribution >= 4 is 11.9 Å². The first-order valence-corrected chi connectivity index (χ1v) is 7.45. The number of benzene rings is 1. The molecule has 1 atom stereocenters. The molecule has 0 spiro atoms. The smallest absolute Gasteiger partial charge is 0.317 e. The molecular formula is C16H22N2O5. The van der Waals surface area contributed by atoms with E-state index in [0.29, 0.717) is 37.6 Å². The first-order valence-electron chi connectivity index (χ1n) is 7.45. The zero-order valence-corrected chi connectivity index (χ0v) is 13.4. The van der Waals surface area contributed by atoms with E-state index in [4.69, 9.17) is 14.6 Å². The third-order valence-electron chi connectivity index (χ3n) is 3.68. The lowest BCUT2D eigenvalue weighted by Crippen LogP contribution is -2.49. The van der Waals surface area contributed by atoms with E-state index in [0.717, 1.165) is 0 Å². The molecule has 1 aromatic rings. The van der Waals surface area contributed by atoms with E-state index >= 15 is 0 Å². The first-order chi connectivity index (χ1) is 11.0. The van der Waals surface area contributed by atoms with Crippen LogP contribution in [0.1, 0.15) is 10.4 Å². The normalized spacial score (nSPS) is 18.0.